The Hall–Kier alpha value is -0.120. The second kappa shape index (κ2) is 5.10. The van der Waals surface area contributed by atoms with Gasteiger partial charge in [0.2, 0.25) is 0 Å². The topological polar surface area (TPSA) is 38.5 Å². The average molecular weight is 200 g/mol. The third kappa shape index (κ3) is 3.23. The molecule has 0 saturated carbocycles. The third-order valence-electron chi connectivity index (χ3n) is 3.14. The molecule has 0 spiro atoms. The minimum Gasteiger partial charge on any atom is -0.381 e. The molecular weight excluding hydrogens is 176 g/mol. The van der Waals surface area contributed by atoms with E-state index in [4.69, 9.17) is 10.5 Å². The van der Waals surface area contributed by atoms with Crippen LogP contribution >= 0.6 is 0 Å². The van der Waals surface area contributed by atoms with Gasteiger partial charge in [0, 0.05) is 31.3 Å². The number of nitrogens with zero attached hydrogens (tertiary/aromatic N) is 1. The van der Waals surface area contributed by atoms with Crippen LogP contribution in [0.3, 0.4) is 0 Å². The Kier molecular flexibility index (Phi) is 4.35. The van der Waals surface area contributed by atoms with Crippen LogP contribution in [0.5, 0.6) is 0 Å². The number of ether oxygens (including phenoxy) is 1. The van der Waals surface area contributed by atoms with Crippen molar-refractivity contribution >= 4 is 0 Å². The Morgan fingerprint density at radius 1 is 1.36 bits per heavy atom. The zero-order valence-corrected chi connectivity index (χ0v) is 9.75. The first-order valence-electron chi connectivity index (χ1n) is 5.68. The maximum Gasteiger partial charge on any atom is 0.0484 e. The molecule has 1 aliphatic heterocycles. The van der Waals surface area contributed by atoms with Gasteiger partial charge < -0.3 is 10.5 Å². The fourth-order valence-corrected chi connectivity index (χ4v) is 2.00. The quantitative estimate of drug-likeness (QED) is 0.741. The summed E-state index contributed by atoms with van der Waals surface area (Å²) >= 11 is 0. The molecule has 0 amide bonds. The van der Waals surface area contributed by atoms with Gasteiger partial charge in [-0.1, -0.05) is 6.92 Å². The molecule has 0 unspecified atom stereocenters. The lowest BCUT2D eigenvalue weighted by atomic mass is 9.90. The molecule has 1 heterocycles. The van der Waals surface area contributed by atoms with Gasteiger partial charge in [-0.05, 0) is 33.2 Å². The number of rotatable bonds is 4. The van der Waals surface area contributed by atoms with Crippen molar-refractivity contribution in [1.29, 1.82) is 0 Å². The summed E-state index contributed by atoms with van der Waals surface area (Å²) in [6.45, 7) is 10.4. The molecule has 2 N–H and O–H groups in total. The van der Waals surface area contributed by atoms with E-state index in [1.54, 1.807) is 0 Å². The molecule has 1 saturated heterocycles. The summed E-state index contributed by atoms with van der Waals surface area (Å²) in [6.07, 6.45) is 1.99. The largest absolute Gasteiger partial charge is 0.381 e. The molecule has 0 atom stereocenters. The first kappa shape index (κ1) is 12.0. The van der Waals surface area contributed by atoms with Crippen molar-refractivity contribution in [1.82, 2.24) is 4.90 Å². The fraction of sp³-hybridized carbons (Fsp3) is 1.00. The van der Waals surface area contributed by atoms with Crippen LogP contribution in [0.2, 0.25) is 0 Å². The predicted molar refractivity (Wildman–Crippen MR) is 59.4 cm³/mol. The van der Waals surface area contributed by atoms with Crippen LogP contribution in [0.15, 0.2) is 0 Å². The van der Waals surface area contributed by atoms with Crippen LogP contribution in [-0.2, 0) is 4.74 Å². The maximum atomic E-state index is 6.35. The number of nitrogens with two attached hydrogens (primary N) is 1. The van der Waals surface area contributed by atoms with Crippen molar-refractivity contribution < 1.29 is 4.74 Å². The van der Waals surface area contributed by atoms with E-state index < -0.39 is 0 Å². The third-order valence-corrected chi connectivity index (χ3v) is 3.14. The van der Waals surface area contributed by atoms with Crippen LogP contribution in [-0.4, -0.2) is 42.8 Å². The first-order chi connectivity index (χ1) is 6.57. The highest BCUT2D eigenvalue weighted by Gasteiger charge is 2.30. The SMILES string of the molecule is CCN(CC1(N)CCOCC1)C(C)C. The van der Waals surface area contributed by atoms with Crippen molar-refractivity contribution in [3.8, 4) is 0 Å². The van der Waals surface area contributed by atoms with E-state index in [0.717, 1.165) is 39.1 Å². The molecule has 1 rings (SSSR count). The number of hydrogen-bond acceptors (Lipinski definition) is 3. The molecule has 0 radical (unpaired) electrons. The Morgan fingerprint density at radius 2 is 1.93 bits per heavy atom. The van der Waals surface area contributed by atoms with Crippen molar-refractivity contribution in [3.05, 3.63) is 0 Å². The van der Waals surface area contributed by atoms with E-state index in [-0.39, 0.29) is 5.54 Å². The predicted octanol–water partition coefficient (Wildman–Crippen LogP) is 1.22. The van der Waals surface area contributed by atoms with E-state index in [1.165, 1.54) is 0 Å². The monoisotopic (exact) mass is 200 g/mol. The summed E-state index contributed by atoms with van der Waals surface area (Å²) < 4.78 is 5.34. The van der Waals surface area contributed by atoms with Gasteiger partial charge in [0.1, 0.15) is 0 Å². The van der Waals surface area contributed by atoms with Crippen LogP contribution in [0.4, 0.5) is 0 Å². The van der Waals surface area contributed by atoms with Crippen molar-refractivity contribution in [2.45, 2.75) is 45.2 Å². The Balaban J connectivity index is 2.46. The minimum absolute atomic E-state index is 0.0153. The van der Waals surface area contributed by atoms with Gasteiger partial charge in [-0.3, -0.25) is 4.90 Å². The highest BCUT2D eigenvalue weighted by atomic mass is 16.5. The summed E-state index contributed by atoms with van der Waals surface area (Å²) in [5, 5.41) is 0. The van der Waals surface area contributed by atoms with E-state index in [2.05, 4.69) is 25.7 Å². The molecule has 0 aliphatic carbocycles. The summed E-state index contributed by atoms with van der Waals surface area (Å²) in [5.74, 6) is 0. The zero-order chi connectivity index (χ0) is 10.6. The van der Waals surface area contributed by atoms with Crippen LogP contribution in [0.25, 0.3) is 0 Å². The molecule has 14 heavy (non-hydrogen) atoms. The Bertz CT molecular complexity index is 165. The summed E-state index contributed by atoms with van der Waals surface area (Å²) in [7, 11) is 0. The molecule has 3 heteroatoms. The van der Waals surface area contributed by atoms with Crippen molar-refractivity contribution in [3.63, 3.8) is 0 Å². The van der Waals surface area contributed by atoms with Crippen molar-refractivity contribution in [2.75, 3.05) is 26.3 Å². The Labute approximate surface area is 87.6 Å². The molecule has 0 aromatic carbocycles. The second-order valence-electron chi connectivity index (χ2n) is 4.63. The minimum atomic E-state index is -0.0153. The van der Waals surface area contributed by atoms with E-state index in [0.29, 0.717) is 6.04 Å². The van der Waals surface area contributed by atoms with Crippen LogP contribution in [0, 0.1) is 0 Å². The highest BCUT2D eigenvalue weighted by Crippen LogP contribution is 2.19. The number of hydrogen-bond donors (Lipinski definition) is 1. The zero-order valence-electron chi connectivity index (χ0n) is 9.75. The molecular formula is C11H24N2O. The summed E-state index contributed by atoms with van der Waals surface area (Å²) in [5.41, 5.74) is 6.34. The molecule has 1 aliphatic rings. The molecule has 0 aromatic rings. The van der Waals surface area contributed by atoms with E-state index in [1.807, 2.05) is 0 Å². The molecule has 3 nitrogen and oxygen atoms in total. The molecule has 1 fully saturated rings. The van der Waals surface area contributed by atoms with Gasteiger partial charge >= 0.3 is 0 Å². The van der Waals surface area contributed by atoms with Gasteiger partial charge in [-0.15, -0.1) is 0 Å². The Morgan fingerprint density at radius 3 is 2.36 bits per heavy atom. The molecule has 84 valence electrons. The molecule has 0 bridgehead atoms. The van der Waals surface area contributed by atoms with Crippen molar-refractivity contribution in [2.24, 2.45) is 5.73 Å². The summed E-state index contributed by atoms with van der Waals surface area (Å²) in [6, 6.07) is 0.586. The van der Waals surface area contributed by atoms with Gasteiger partial charge in [-0.25, -0.2) is 0 Å². The average Bonchev–Trinajstić information content (AvgIpc) is 2.15. The smallest absolute Gasteiger partial charge is 0.0484 e. The van der Waals surface area contributed by atoms with Gasteiger partial charge in [0.25, 0.3) is 0 Å². The fourth-order valence-electron chi connectivity index (χ4n) is 2.00. The normalized spacial score (nSPS) is 21.9. The highest BCUT2D eigenvalue weighted by molar-refractivity contribution is 4.90. The van der Waals surface area contributed by atoms with Gasteiger partial charge in [0.15, 0.2) is 0 Å². The lowest BCUT2D eigenvalue weighted by Crippen LogP contribution is -2.54. The first-order valence-corrected chi connectivity index (χ1v) is 5.68. The van der Waals surface area contributed by atoms with Gasteiger partial charge in [-0.2, -0.15) is 0 Å². The van der Waals surface area contributed by atoms with Crippen LogP contribution in [0.1, 0.15) is 33.6 Å². The maximum absolute atomic E-state index is 6.35. The molecule has 0 aromatic heterocycles. The van der Waals surface area contributed by atoms with Gasteiger partial charge in [0.05, 0.1) is 0 Å². The second-order valence-corrected chi connectivity index (χ2v) is 4.63. The standard InChI is InChI=1S/C11H24N2O/c1-4-13(10(2)3)9-11(12)5-7-14-8-6-11/h10H,4-9,12H2,1-3H3. The number of likely N-dealkylation sites (N-methyl/N-ethyl adjacent to an activating group) is 1. The van der Waals surface area contributed by atoms with E-state index in [9.17, 15) is 0 Å². The lowest BCUT2D eigenvalue weighted by molar-refractivity contribution is 0.0338. The summed E-state index contributed by atoms with van der Waals surface area (Å²) in [4.78, 5) is 2.44. The van der Waals surface area contributed by atoms with Crippen LogP contribution < -0.4 is 5.73 Å². The lowest BCUT2D eigenvalue weighted by Gasteiger charge is -2.39. The van der Waals surface area contributed by atoms with E-state index >= 15 is 0 Å².